The largest absolute Gasteiger partial charge is 2.00 e. The molecule has 0 atom stereocenters. The second-order valence-electron chi connectivity index (χ2n) is 16.5. The van der Waals surface area contributed by atoms with Crippen LogP contribution in [0.1, 0.15) is 94.2 Å². The van der Waals surface area contributed by atoms with Crippen molar-refractivity contribution < 1.29 is 51.0 Å². The second kappa shape index (κ2) is 18.2. The normalized spacial score (nSPS) is 16.6. The van der Waals surface area contributed by atoms with Gasteiger partial charge in [-0.3, -0.25) is 0 Å². The third-order valence-corrected chi connectivity index (χ3v) is 11.7. The van der Waals surface area contributed by atoms with Crippen molar-refractivity contribution in [3.8, 4) is 0 Å². The van der Waals surface area contributed by atoms with E-state index in [1.807, 2.05) is 47.0 Å². The molecule has 51 heavy (non-hydrogen) atoms. The summed E-state index contributed by atoms with van der Waals surface area (Å²) in [5.74, 6) is 0. The number of rotatable bonds is 6. The molecule has 6 rings (SSSR count). The monoisotopic (exact) mass is 868 g/mol. The zero-order valence-electron chi connectivity index (χ0n) is 32.1. The number of thioether (sulfide) groups is 4. The number of halogens is 2. The summed E-state index contributed by atoms with van der Waals surface area (Å²) in [5.41, 5.74) is 10.9. The Morgan fingerprint density at radius 3 is 0.922 bits per heavy atom. The third kappa shape index (κ3) is 13.2. The Hall–Kier alpha value is -0.777. The Balaban J connectivity index is 0.000000334. The summed E-state index contributed by atoms with van der Waals surface area (Å²) in [6.45, 7) is 27.4. The fourth-order valence-corrected chi connectivity index (χ4v) is 10.1. The van der Waals surface area contributed by atoms with E-state index in [1.54, 1.807) is 0 Å². The van der Waals surface area contributed by atoms with Gasteiger partial charge in [-0.05, 0) is 81.0 Å². The van der Waals surface area contributed by atoms with Crippen molar-refractivity contribution in [2.75, 3.05) is 0 Å². The van der Waals surface area contributed by atoms with Gasteiger partial charge in [0.25, 0.3) is 0 Å². The van der Waals surface area contributed by atoms with Gasteiger partial charge < -0.3 is 24.8 Å². The molecule has 2 aromatic rings. The first-order valence-corrected chi connectivity index (χ1v) is 20.2. The van der Waals surface area contributed by atoms with Crippen LogP contribution in [-0.2, 0) is 26.2 Å². The van der Waals surface area contributed by atoms with Gasteiger partial charge in [0.15, 0.2) is 0 Å². The van der Waals surface area contributed by atoms with E-state index in [1.165, 1.54) is 64.2 Å². The summed E-state index contributed by atoms with van der Waals surface area (Å²) in [4.78, 5) is 5.55. The van der Waals surface area contributed by atoms with Gasteiger partial charge in [0.05, 0.1) is 0 Å². The Morgan fingerprint density at radius 2 is 0.647 bits per heavy atom. The van der Waals surface area contributed by atoms with Crippen LogP contribution in [0.2, 0.25) is 0 Å². The van der Waals surface area contributed by atoms with E-state index in [-0.39, 0.29) is 70.0 Å². The van der Waals surface area contributed by atoms with Crippen molar-refractivity contribution in [3.05, 3.63) is 150 Å². The molecule has 0 unspecified atom stereocenters. The first-order valence-electron chi connectivity index (χ1n) is 16.9. The zero-order valence-corrected chi connectivity index (χ0v) is 39.4. The SMILES string of the molecule is CC(C)(C)SC1=CC2=C(c3ccccc3)C=C(SC(C)(C)C)C2=C1.CC(C)(C)SC1=CC2=C(c3ccccc3)C=C(SC(C)(C)C)C2=C1.[Cl-].[Cl-].[Zr+2]. The average molecular weight is 871 g/mol. The van der Waals surface area contributed by atoms with E-state index < -0.39 is 0 Å². The van der Waals surface area contributed by atoms with Gasteiger partial charge in [-0.1, -0.05) is 144 Å². The van der Waals surface area contributed by atoms with E-state index in [0.717, 1.165) is 0 Å². The molecule has 0 saturated heterocycles. The number of hydrogen-bond donors (Lipinski definition) is 0. The van der Waals surface area contributed by atoms with Crippen LogP contribution in [0, 0.1) is 0 Å². The standard InChI is InChI=1S/2C22H26S2.2ClH.Zr/c2*1-21(2,3)23-16-12-18-17(15-10-8-7-9-11-15)14-20(19(18)13-16)24-22(4,5)6;;;/h2*7-14H,1-6H3;2*1H;/q;;;;+2/p-2. The number of allylic oxidation sites excluding steroid dienone is 12. The number of hydrogen-bond acceptors (Lipinski definition) is 4. The van der Waals surface area contributed by atoms with Crippen molar-refractivity contribution in [1.82, 2.24) is 0 Å². The summed E-state index contributed by atoms with van der Waals surface area (Å²) >= 11 is 7.84. The molecule has 4 aliphatic carbocycles. The van der Waals surface area contributed by atoms with E-state index in [4.69, 9.17) is 0 Å². The van der Waals surface area contributed by atoms with Crippen LogP contribution in [0.5, 0.6) is 0 Å². The van der Waals surface area contributed by atoms with Crippen LogP contribution in [0.25, 0.3) is 11.1 Å². The van der Waals surface area contributed by atoms with Crippen LogP contribution in [0.3, 0.4) is 0 Å². The van der Waals surface area contributed by atoms with Crippen molar-refractivity contribution in [2.45, 2.75) is 102 Å². The molecule has 0 fully saturated rings. The molecule has 0 aliphatic heterocycles. The van der Waals surface area contributed by atoms with Gasteiger partial charge in [0.2, 0.25) is 0 Å². The minimum absolute atomic E-state index is 0. The fourth-order valence-electron chi connectivity index (χ4n) is 5.76. The maximum atomic E-state index is 2.38. The van der Waals surface area contributed by atoms with Gasteiger partial charge >= 0.3 is 26.2 Å². The predicted octanol–water partition coefficient (Wildman–Crippen LogP) is 8.46. The van der Waals surface area contributed by atoms with Crippen LogP contribution in [-0.4, -0.2) is 19.0 Å². The predicted molar refractivity (Wildman–Crippen MR) is 225 cm³/mol. The summed E-state index contributed by atoms with van der Waals surface area (Å²) in [6.07, 6.45) is 14.3. The molecule has 0 bridgehead atoms. The molecule has 7 heteroatoms. The minimum atomic E-state index is 0. The van der Waals surface area contributed by atoms with Gasteiger partial charge in [-0.25, -0.2) is 0 Å². The van der Waals surface area contributed by atoms with E-state index in [2.05, 4.69) is 180 Å². The molecule has 4 aliphatic rings. The molecule has 0 heterocycles. The summed E-state index contributed by atoms with van der Waals surface area (Å²) in [7, 11) is 0. The second-order valence-corrected chi connectivity index (χ2v) is 24.0. The van der Waals surface area contributed by atoms with Gasteiger partial charge in [0, 0.05) is 38.6 Å². The van der Waals surface area contributed by atoms with Crippen molar-refractivity contribution in [1.29, 1.82) is 0 Å². The Morgan fingerprint density at radius 1 is 0.353 bits per heavy atom. The van der Waals surface area contributed by atoms with Crippen molar-refractivity contribution in [3.63, 3.8) is 0 Å². The molecule has 0 aromatic heterocycles. The van der Waals surface area contributed by atoms with E-state index >= 15 is 0 Å². The van der Waals surface area contributed by atoms with Gasteiger partial charge in [-0.2, -0.15) is 0 Å². The van der Waals surface area contributed by atoms with Crippen LogP contribution in [0.4, 0.5) is 0 Å². The minimum Gasteiger partial charge on any atom is -1.00 e. The summed E-state index contributed by atoms with van der Waals surface area (Å²) in [5, 5.41) is 0. The Bertz CT molecular complexity index is 1680. The summed E-state index contributed by atoms with van der Waals surface area (Å²) < 4.78 is 0.889. The maximum Gasteiger partial charge on any atom is 2.00 e. The first kappa shape index (κ1) is 46.4. The smallest absolute Gasteiger partial charge is 1.00 e. The molecule has 0 nitrogen and oxygen atoms in total. The maximum absolute atomic E-state index is 2.38. The van der Waals surface area contributed by atoms with Crippen LogP contribution >= 0.6 is 47.0 Å². The van der Waals surface area contributed by atoms with Gasteiger partial charge in [-0.15, -0.1) is 47.0 Å². The molecular weight excluding hydrogens is 819 g/mol. The molecule has 0 radical (unpaired) electrons. The average Bonchev–Trinajstić information content (AvgIpc) is 3.69. The van der Waals surface area contributed by atoms with E-state index in [9.17, 15) is 0 Å². The quantitative estimate of drug-likeness (QED) is 0.286. The molecular formula is C44H52Cl2S4Zr. The molecule has 0 spiro atoms. The third-order valence-electron chi connectivity index (χ3n) is 7.24. The molecule has 270 valence electrons. The number of benzene rings is 2. The molecule has 2 aromatic carbocycles. The van der Waals surface area contributed by atoms with Crippen molar-refractivity contribution in [2.24, 2.45) is 0 Å². The fraction of sp³-hybridized carbons (Fsp3) is 0.364. The van der Waals surface area contributed by atoms with Crippen molar-refractivity contribution >= 4 is 58.2 Å². The summed E-state index contributed by atoms with van der Waals surface area (Å²) in [6, 6.07) is 21.5. The number of fused-ring (bicyclic) bond motifs is 2. The first-order chi connectivity index (χ1) is 22.2. The zero-order chi connectivity index (χ0) is 35.1. The topological polar surface area (TPSA) is 0 Å². The van der Waals surface area contributed by atoms with E-state index in [0.29, 0.717) is 0 Å². The van der Waals surface area contributed by atoms with Gasteiger partial charge in [0.1, 0.15) is 0 Å². The Labute approximate surface area is 358 Å². The molecule has 0 saturated carbocycles. The van der Waals surface area contributed by atoms with Crippen LogP contribution in [0.15, 0.2) is 139 Å². The van der Waals surface area contributed by atoms with Crippen LogP contribution < -0.4 is 24.8 Å². The Kier molecular flexibility index (Phi) is 16.6. The molecule has 0 N–H and O–H groups in total. The molecule has 0 amide bonds.